The number of hydrogen-bond acceptors (Lipinski definition) is 3. The summed E-state index contributed by atoms with van der Waals surface area (Å²) in [5.74, 6) is -0.676. The van der Waals surface area contributed by atoms with E-state index in [2.05, 4.69) is 4.72 Å². The van der Waals surface area contributed by atoms with Crippen LogP contribution in [0.25, 0.3) is 0 Å². The molecule has 2 aromatic carbocycles. The fraction of sp³-hybridized carbons (Fsp3) is 0.0769. The minimum Gasteiger partial charge on any atom is -0.398 e. The van der Waals surface area contributed by atoms with Crippen LogP contribution in [0.15, 0.2) is 41.3 Å². The molecule has 0 bridgehead atoms. The highest BCUT2D eigenvalue weighted by Gasteiger charge is 2.16. The fourth-order valence-corrected chi connectivity index (χ4v) is 2.88. The van der Waals surface area contributed by atoms with E-state index in [0.717, 1.165) is 23.8 Å². The first-order chi connectivity index (χ1) is 9.29. The van der Waals surface area contributed by atoms with Crippen LogP contribution in [0, 0.1) is 12.7 Å². The molecule has 4 nitrogen and oxygen atoms in total. The molecule has 0 aliphatic heterocycles. The summed E-state index contributed by atoms with van der Waals surface area (Å²) in [6.45, 7) is 1.81. The molecule has 0 saturated heterocycles. The smallest absolute Gasteiger partial charge is 0.261 e. The predicted octanol–water partition coefficient (Wildman–Crippen LogP) is 3.17. The lowest BCUT2D eigenvalue weighted by Crippen LogP contribution is -2.13. The van der Waals surface area contributed by atoms with E-state index in [-0.39, 0.29) is 9.92 Å². The van der Waals surface area contributed by atoms with Gasteiger partial charge in [-0.05, 0) is 42.8 Å². The third-order valence-corrected chi connectivity index (χ3v) is 4.40. The van der Waals surface area contributed by atoms with E-state index < -0.39 is 15.8 Å². The first-order valence-corrected chi connectivity index (χ1v) is 7.50. The second-order valence-corrected chi connectivity index (χ2v) is 6.34. The quantitative estimate of drug-likeness (QED) is 0.855. The molecule has 0 aromatic heterocycles. The van der Waals surface area contributed by atoms with Crippen molar-refractivity contribution in [2.45, 2.75) is 11.8 Å². The van der Waals surface area contributed by atoms with Gasteiger partial charge in [0.25, 0.3) is 10.0 Å². The Labute approximate surface area is 121 Å². The molecule has 0 amide bonds. The van der Waals surface area contributed by atoms with Gasteiger partial charge in [0.1, 0.15) is 5.82 Å². The minimum absolute atomic E-state index is 0.122. The Kier molecular flexibility index (Phi) is 3.87. The van der Waals surface area contributed by atoms with Crippen LogP contribution in [0.5, 0.6) is 0 Å². The summed E-state index contributed by atoms with van der Waals surface area (Å²) in [5, 5.41) is -0.253. The maximum atomic E-state index is 13.0. The summed E-state index contributed by atoms with van der Waals surface area (Å²) in [4.78, 5) is -0.122. The molecule has 106 valence electrons. The molecule has 0 spiro atoms. The fourth-order valence-electron chi connectivity index (χ4n) is 1.56. The van der Waals surface area contributed by atoms with Gasteiger partial charge >= 0.3 is 0 Å². The van der Waals surface area contributed by atoms with Crippen molar-refractivity contribution < 1.29 is 12.8 Å². The molecule has 2 aromatic rings. The standard InChI is InChI=1S/C13H12ClFN2O2S/c1-8-2-3-9(6-13(8)16)17-20(18,19)10-4-5-12(15)11(14)7-10/h2-7,17H,16H2,1H3. The molecule has 20 heavy (non-hydrogen) atoms. The lowest BCUT2D eigenvalue weighted by molar-refractivity contribution is 0.599. The van der Waals surface area contributed by atoms with Crippen LogP contribution in [0.4, 0.5) is 15.8 Å². The molecule has 0 unspecified atom stereocenters. The Morgan fingerprint density at radius 2 is 1.90 bits per heavy atom. The lowest BCUT2D eigenvalue weighted by Gasteiger charge is -2.10. The van der Waals surface area contributed by atoms with Crippen molar-refractivity contribution in [1.82, 2.24) is 0 Å². The summed E-state index contributed by atoms with van der Waals surface area (Å²) < 4.78 is 39.7. The van der Waals surface area contributed by atoms with E-state index in [9.17, 15) is 12.8 Å². The van der Waals surface area contributed by atoms with Crippen molar-refractivity contribution in [2.24, 2.45) is 0 Å². The van der Waals surface area contributed by atoms with Crippen molar-refractivity contribution in [3.05, 3.63) is 52.8 Å². The molecule has 0 aliphatic rings. The maximum Gasteiger partial charge on any atom is 0.261 e. The zero-order chi connectivity index (χ0) is 14.9. The number of nitrogens with one attached hydrogen (secondary N) is 1. The highest BCUT2D eigenvalue weighted by Crippen LogP contribution is 2.23. The Hall–Kier alpha value is -1.79. The molecule has 0 saturated carbocycles. The summed E-state index contributed by atoms with van der Waals surface area (Å²) in [6.07, 6.45) is 0. The van der Waals surface area contributed by atoms with Crippen molar-refractivity contribution in [3.63, 3.8) is 0 Å². The second-order valence-electron chi connectivity index (χ2n) is 4.25. The Morgan fingerprint density at radius 3 is 2.50 bits per heavy atom. The highest BCUT2D eigenvalue weighted by atomic mass is 35.5. The van der Waals surface area contributed by atoms with Gasteiger partial charge in [-0.25, -0.2) is 12.8 Å². The molecule has 7 heteroatoms. The predicted molar refractivity (Wildman–Crippen MR) is 77.8 cm³/mol. The number of sulfonamides is 1. The van der Waals surface area contributed by atoms with E-state index in [4.69, 9.17) is 17.3 Å². The summed E-state index contributed by atoms with van der Waals surface area (Å²) >= 11 is 5.58. The van der Waals surface area contributed by atoms with Crippen LogP contribution in [0.1, 0.15) is 5.56 Å². The maximum absolute atomic E-state index is 13.0. The average molecular weight is 315 g/mol. The second kappa shape index (κ2) is 5.30. The van der Waals surface area contributed by atoms with Crippen LogP contribution in [0.3, 0.4) is 0 Å². The van der Waals surface area contributed by atoms with Gasteiger partial charge in [0.05, 0.1) is 15.6 Å². The number of nitrogen functional groups attached to an aromatic ring is 1. The highest BCUT2D eigenvalue weighted by molar-refractivity contribution is 7.92. The van der Waals surface area contributed by atoms with Gasteiger partial charge in [-0.1, -0.05) is 17.7 Å². The molecular weight excluding hydrogens is 303 g/mol. The summed E-state index contributed by atoms with van der Waals surface area (Å²) in [5.41, 5.74) is 7.36. The molecule has 0 aliphatic carbocycles. The normalized spacial score (nSPS) is 11.3. The summed E-state index contributed by atoms with van der Waals surface area (Å²) in [7, 11) is -3.84. The molecule has 2 rings (SSSR count). The Bertz CT molecular complexity index is 763. The van der Waals surface area contributed by atoms with Crippen molar-refractivity contribution in [3.8, 4) is 0 Å². The first kappa shape index (κ1) is 14.6. The number of hydrogen-bond donors (Lipinski definition) is 2. The first-order valence-electron chi connectivity index (χ1n) is 5.63. The number of halogens is 2. The lowest BCUT2D eigenvalue weighted by atomic mass is 10.2. The topological polar surface area (TPSA) is 72.2 Å². The van der Waals surface area contributed by atoms with Gasteiger partial charge < -0.3 is 5.73 Å². The minimum atomic E-state index is -3.84. The third kappa shape index (κ3) is 3.02. The van der Waals surface area contributed by atoms with Gasteiger partial charge in [-0.15, -0.1) is 0 Å². The zero-order valence-electron chi connectivity index (χ0n) is 10.5. The van der Waals surface area contributed by atoms with E-state index in [1.165, 1.54) is 6.07 Å². The number of aryl methyl sites for hydroxylation is 1. The van der Waals surface area contributed by atoms with Crippen LogP contribution in [-0.4, -0.2) is 8.42 Å². The molecule has 0 radical (unpaired) electrons. The number of benzene rings is 2. The zero-order valence-corrected chi connectivity index (χ0v) is 12.1. The van der Waals surface area contributed by atoms with Crippen molar-refractivity contribution in [1.29, 1.82) is 0 Å². The molecular formula is C13H12ClFN2O2S. The number of nitrogens with two attached hydrogens (primary N) is 1. The SMILES string of the molecule is Cc1ccc(NS(=O)(=O)c2ccc(F)c(Cl)c2)cc1N. The van der Waals surface area contributed by atoms with Crippen LogP contribution < -0.4 is 10.5 Å². The molecule has 0 atom stereocenters. The monoisotopic (exact) mass is 314 g/mol. The van der Waals surface area contributed by atoms with Gasteiger partial charge in [-0.2, -0.15) is 0 Å². The molecule has 0 heterocycles. The van der Waals surface area contributed by atoms with Gasteiger partial charge in [0, 0.05) is 5.69 Å². The Balaban J connectivity index is 2.35. The largest absolute Gasteiger partial charge is 0.398 e. The van der Waals surface area contributed by atoms with Gasteiger partial charge in [0.15, 0.2) is 0 Å². The summed E-state index contributed by atoms with van der Waals surface area (Å²) in [6, 6.07) is 8.00. The molecule has 3 N–H and O–H groups in total. The molecule has 0 fully saturated rings. The van der Waals surface area contributed by atoms with E-state index in [0.29, 0.717) is 11.4 Å². The van der Waals surface area contributed by atoms with Crippen LogP contribution in [0.2, 0.25) is 5.02 Å². The number of rotatable bonds is 3. The van der Waals surface area contributed by atoms with Crippen LogP contribution >= 0.6 is 11.6 Å². The third-order valence-electron chi connectivity index (χ3n) is 2.73. The Morgan fingerprint density at radius 1 is 1.20 bits per heavy atom. The van der Waals surface area contributed by atoms with Crippen molar-refractivity contribution >= 4 is 33.0 Å². The van der Waals surface area contributed by atoms with E-state index in [1.807, 2.05) is 6.92 Å². The number of anilines is 2. The van der Waals surface area contributed by atoms with Gasteiger partial charge in [0.2, 0.25) is 0 Å². The van der Waals surface area contributed by atoms with E-state index in [1.54, 1.807) is 12.1 Å². The van der Waals surface area contributed by atoms with Gasteiger partial charge in [-0.3, -0.25) is 4.72 Å². The van der Waals surface area contributed by atoms with Crippen molar-refractivity contribution in [2.75, 3.05) is 10.5 Å². The average Bonchev–Trinajstić information content (AvgIpc) is 2.37. The van der Waals surface area contributed by atoms with E-state index >= 15 is 0 Å². The van der Waals surface area contributed by atoms with Crippen LogP contribution in [-0.2, 0) is 10.0 Å².